The minimum Gasteiger partial charge on any atom is -0.369 e. The molecule has 0 saturated carbocycles. The molecule has 3 aromatic rings. The number of hydrogen-bond acceptors (Lipinski definition) is 5. The number of aromatic amines is 1. The molecular formula is C23H23FN6O. The van der Waals surface area contributed by atoms with E-state index in [1.807, 2.05) is 30.3 Å². The van der Waals surface area contributed by atoms with Crippen molar-refractivity contribution in [3.05, 3.63) is 59.9 Å². The summed E-state index contributed by atoms with van der Waals surface area (Å²) in [7, 11) is 2.12. The lowest BCUT2D eigenvalue weighted by atomic mass is 10.1. The molecule has 1 aromatic heterocycles. The largest absolute Gasteiger partial charge is 0.369 e. The number of aromatic nitrogens is 2. The Hall–Kier alpha value is -3.70. The Kier molecular flexibility index (Phi) is 5.96. The molecule has 0 spiro atoms. The maximum Gasteiger partial charge on any atom is 0.252 e. The predicted molar refractivity (Wildman–Crippen MR) is 117 cm³/mol. The number of H-pyrrole nitrogens is 1. The number of piperazine rings is 1. The SMILES string of the molecule is CN1CCN(c2ccc(-c3[nH]nc(-c4cccc(C(=O)NCC#N)c4)c3F)cc2)CC1. The summed E-state index contributed by atoms with van der Waals surface area (Å²) >= 11 is 0. The van der Waals surface area contributed by atoms with E-state index in [1.54, 1.807) is 24.3 Å². The highest BCUT2D eigenvalue weighted by atomic mass is 19.1. The summed E-state index contributed by atoms with van der Waals surface area (Å²) in [6.45, 7) is 3.89. The smallest absolute Gasteiger partial charge is 0.252 e. The molecule has 1 amide bonds. The first kappa shape index (κ1) is 20.6. The quantitative estimate of drug-likeness (QED) is 0.622. The van der Waals surface area contributed by atoms with Gasteiger partial charge in [-0.1, -0.05) is 24.3 Å². The van der Waals surface area contributed by atoms with Crippen molar-refractivity contribution in [2.45, 2.75) is 0 Å². The highest BCUT2D eigenvalue weighted by molar-refractivity contribution is 5.95. The zero-order chi connectivity index (χ0) is 21.8. The Balaban J connectivity index is 1.55. The molecule has 0 atom stereocenters. The van der Waals surface area contributed by atoms with Gasteiger partial charge in [-0.2, -0.15) is 10.4 Å². The third-order valence-corrected chi connectivity index (χ3v) is 5.46. The zero-order valence-electron chi connectivity index (χ0n) is 17.2. The first-order valence-electron chi connectivity index (χ1n) is 10.1. The number of benzene rings is 2. The number of rotatable bonds is 5. The number of likely N-dealkylation sites (N-methyl/N-ethyl adjacent to an activating group) is 1. The lowest BCUT2D eigenvalue weighted by molar-refractivity contribution is 0.0958. The van der Waals surface area contributed by atoms with Gasteiger partial charge in [0, 0.05) is 48.6 Å². The van der Waals surface area contributed by atoms with Crippen LogP contribution in [-0.2, 0) is 0 Å². The van der Waals surface area contributed by atoms with Crippen LogP contribution in [0.2, 0.25) is 0 Å². The summed E-state index contributed by atoms with van der Waals surface area (Å²) in [5.74, 6) is -0.860. The molecule has 7 nitrogen and oxygen atoms in total. The molecular weight excluding hydrogens is 395 g/mol. The first-order chi connectivity index (χ1) is 15.1. The molecule has 2 aromatic carbocycles. The molecule has 0 radical (unpaired) electrons. The molecule has 8 heteroatoms. The predicted octanol–water partition coefficient (Wildman–Crippen LogP) is 2.89. The van der Waals surface area contributed by atoms with Gasteiger partial charge in [0.05, 0.1) is 6.07 Å². The van der Waals surface area contributed by atoms with Gasteiger partial charge < -0.3 is 15.1 Å². The van der Waals surface area contributed by atoms with Crippen molar-refractivity contribution in [3.8, 4) is 28.6 Å². The highest BCUT2D eigenvalue weighted by Crippen LogP contribution is 2.30. The Labute approximate surface area is 180 Å². The summed E-state index contributed by atoms with van der Waals surface area (Å²) in [5, 5.41) is 18.0. The number of anilines is 1. The van der Waals surface area contributed by atoms with Crippen molar-refractivity contribution >= 4 is 11.6 Å². The molecule has 1 aliphatic heterocycles. The van der Waals surface area contributed by atoms with Crippen LogP contribution >= 0.6 is 0 Å². The average molecular weight is 418 g/mol. The van der Waals surface area contributed by atoms with Crippen LogP contribution in [0.25, 0.3) is 22.5 Å². The van der Waals surface area contributed by atoms with Crippen LogP contribution in [0.15, 0.2) is 48.5 Å². The number of carbonyl (C=O) groups is 1. The summed E-state index contributed by atoms with van der Waals surface area (Å²) in [4.78, 5) is 16.7. The molecule has 2 N–H and O–H groups in total. The number of hydrogen-bond donors (Lipinski definition) is 2. The Morgan fingerprint density at radius 2 is 1.90 bits per heavy atom. The van der Waals surface area contributed by atoms with Crippen molar-refractivity contribution in [1.29, 1.82) is 5.26 Å². The second kappa shape index (κ2) is 8.98. The third-order valence-electron chi connectivity index (χ3n) is 5.46. The van der Waals surface area contributed by atoms with E-state index < -0.39 is 5.82 Å². The number of amides is 1. The second-order valence-electron chi connectivity index (χ2n) is 7.52. The summed E-state index contributed by atoms with van der Waals surface area (Å²) in [6, 6.07) is 16.2. The minimum atomic E-state index is -0.470. The van der Waals surface area contributed by atoms with E-state index >= 15 is 4.39 Å². The number of carbonyl (C=O) groups excluding carboxylic acids is 1. The average Bonchev–Trinajstić information content (AvgIpc) is 3.19. The lowest BCUT2D eigenvalue weighted by Crippen LogP contribution is -2.44. The van der Waals surface area contributed by atoms with Gasteiger partial charge in [0.25, 0.3) is 5.91 Å². The summed E-state index contributed by atoms with van der Waals surface area (Å²) in [5.41, 5.74) is 3.10. The fourth-order valence-corrected chi connectivity index (χ4v) is 3.64. The van der Waals surface area contributed by atoms with Gasteiger partial charge in [-0.3, -0.25) is 9.89 Å². The van der Waals surface area contributed by atoms with Crippen LogP contribution in [-0.4, -0.2) is 60.8 Å². The normalized spacial score (nSPS) is 14.3. The first-order valence-corrected chi connectivity index (χ1v) is 10.1. The van der Waals surface area contributed by atoms with Crippen LogP contribution in [0.3, 0.4) is 0 Å². The maximum atomic E-state index is 15.2. The van der Waals surface area contributed by atoms with E-state index in [0.717, 1.165) is 31.9 Å². The molecule has 2 heterocycles. The van der Waals surface area contributed by atoms with Crippen molar-refractivity contribution in [3.63, 3.8) is 0 Å². The fraction of sp³-hybridized carbons (Fsp3) is 0.261. The van der Waals surface area contributed by atoms with Gasteiger partial charge in [0.15, 0.2) is 5.82 Å². The van der Waals surface area contributed by atoms with Gasteiger partial charge >= 0.3 is 0 Å². The molecule has 4 rings (SSSR count). The van der Waals surface area contributed by atoms with E-state index in [1.165, 1.54) is 0 Å². The van der Waals surface area contributed by atoms with E-state index in [4.69, 9.17) is 5.26 Å². The molecule has 31 heavy (non-hydrogen) atoms. The highest BCUT2D eigenvalue weighted by Gasteiger charge is 2.19. The topological polar surface area (TPSA) is 88.0 Å². The van der Waals surface area contributed by atoms with E-state index in [0.29, 0.717) is 22.4 Å². The summed E-state index contributed by atoms with van der Waals surface area (Å²) in [6.07, 6.45) is 0. The van der Waals surface area contributed by atoms with Gasteiger partial charge in [-0.15, -0.1) is 0 Å². The molecule has 0 bridgehead atoms. The molecule has 0 aliphatic carbocycles. The Morgan fingerprint density at radius 1 is 1.16 bits per heavy atom. The van der Waals surface area contributed by atoms with E-state index in [-0.39, 0.29) is 18.1 Å². The van der Waals surface area contributed by atoms with Gasteiger partial charge in [0.2, 0.25) is 0 Å². The van der Waals surface area contributed by atoms with Gasteiger partial charge in [0.1, 0.15) is 17.9 Å². The third kappa shape index (κ3) is 4.42. The summed E-state index contributed by atoms with van der Waals surface area (Å²) < 4.78 is 15.2. The number of halogens is 1. The van der Waals surface area contributed by atoms with Crippen molar-refractivity contribution in [1.82, 2.24) is 20.4 Å². The van der Waals surface area contributed by atoms with Crippen molar-refractivity contribution in [2.24, 2.45) is 0 Å². The Morgan fingerprint density at radius 3 is 2.61 bits per heavy atom. The Bertz CT molecular complexity index is 1110. The minimum absolute atomic E-state index is 0.0892. The maximum absolute atomic E-state index is 15.2. The monoisotopic (exact) mass is 418 g/mol. The van der Waals surface area contributed by atoms with Crippen LogP contribution in [0.4, 0.5) is 10.1 Å². The second-order valence-corrected chi connectivity index (χ2v) is 7.52. The van der Waals surface area contributed by atoms with Crippen LogP contribution in [0.5, 0.6) is 0 Å². The number of nitrogens with one attached hydrogen (secondary N) is 2. The zero-order valence-corrected chi connectivity index (χ0v) is 17.2. The molecule has 1 saturated heterocycles. The van der Waals surface area contributed by atoms with Crippen LogP contribution in [0.1, 0.15) is 10.4 Å². The van der Waals surface area contributed by atoms with E-state index in [2.05, 4.69) is 32.4 Å². The number of nitriles is 1. The lowest BCUT2D eigenvalue weighted by Gasteiger charge is -2.34. The molecule has 1 fully saturated rings. The van der Waals surface area contributed by atoms with Crippen LogP contribution < -0.4 is 10.2 Å². The fourth-order valence-electron chi connectivity index (χ4n) is 3.64. The molecule has 158 valence electrons. The number of nitrogens with zero attached hydrogens (tertiary/aromatic N) is 4. The van der Waals surface area contributed by atoms with Crippen molar-refractivity contribution < 1.29 is 9.18 Å². The van der Waals surface area contributed by atoms with E-state index in [9.17, 15) is 4.79 Å². The van der Waals surface area contributed by atoms with Crippen LogP contribution in [0, 0.1) is 17.1 Å². The van der Waals surface area contributed by atoms with Gasteiger partial charge in [-0.25, -0.2) is 4.39 Å². The molecule has 0 unspecified atom stereocenters. The van der Waals surface area contributed by atoms with Gasteiger partial charge in [-0.05, 0) is 31.3 Å². The van der Waals surface area contributed by atoms with Crippen molar-refractivity contribution in [2.75, 3.05) is 44.7 Å². The standard InChI is InChI=1S/C23H23FN6O/c1-29-11-13-30(14-12-29)19-7-5-16(6-8-19)21-20(24)22(28-27-21)17-3-2-4-18(15-17)23(31)26-10-9-25/h2-8,15H,10-14H2,1H3,(H,26,31)(H,27,28). The molecule has 1 aliphatic rings.